The zero-order valence-corrected chi connectivity index (χ0v) is 18.8. The van der Waals surface area contributed by atoms with Crippen molar-refractivity contribution in [1.82, 2.24) is 4.90 Å². The van der Waals surface area contributed by atoms with Crippen molar-refractivity contribution in [2.75, 3.05) is 18.4 Å². The molecule has 2 amide bonds. The summed E-state index contributed by atoms with van der Waals surface area (Å²) < 4.78 is 1.14. The minimum atomic E-state index is -0.0494. The van der Waals surface area contributed by atoms with Crippen LogP contribution in [0.5, 0.6) is 0 Å². The van der Waals surface area contributed by atoms with Gasteiger partial charge in [0.15, 0.2) is 0 Å². The molecule has 1 saturated heterocycles. The van der Waals surface area contributed by atoms with Gasteiger partial charge in [0.2, 0.25) is 5.91 Å². The summed E-state index contributed by atoms with van der Waals surface area (Å²) in [5, 5.41) is 2.99. The van der Waals surface area contributed by atoms with Gasteiger partial charge in [-0.1, -0.05) is 32.9 Å². The summed E-state index contributed by atoms with van der Waals surface area (Å²) in [6, 6.07) is 15.7. The van der Waals surface area contributed by atoms with Gasteiger partial charge < -0.3 is 10.2 Å². The van der Waals surface area contributed by atoms with Gasteiger partial charge in [0, 0.05) is 33.8 Å². The van der Waals surface area contributed by atoms with E-state index >= 15 is 0 Å². The van der Waals surface area contributed by atoms with E-state index in [1.165, 1.54) is 5.56 Å². The second-order valence-corrected chi connectivity index (χ2v) is 9.64. The number of piperidine rings is 1. The second-order valence-electron chi connectivity index (χ2n) is 8.39. The van der Waals surface area contributed by atoms with Crippen molar-refractivity contribution >= 4 is 40.1 Å². The number of benzene rings is 2. The van der Waals surface area contributed by atoms with Crippen molar-refractivity contribution in [3.8, 4) is 0 Å². The number of hydrogen-bond acceptors (Lipinski definition) is 2. The average Bonchev–Trinajstić information content (AvgIpc) is 2.69. The molecule has 0 saturated carbocycles. The van der Waals surface area contributed by atoms with Crippen LogP contribution in [-0.2, 0) is 10.2 Å². The first-order chi connectivity index (χ1) is 13.2. The van der Waals surface area contributed by atoms with E-state index < -0.39 is 0 Å². The van der Waals surface area contributed by atoms with Crippen LogP contribution in [0.25, 0.3) is 0 Å². The number of anilines is 1. The Balaban J connectivity index is 1.55. The summed E-state index contributed by atoms with van der Waals surface area (Å²) in [6.07, 6.45) is 1.39. The molecule has 1 aliphatic heterocycles. The molecule has 0 unspecified atom stereocenters. The Morgan fingerprint density at radius 2 is 1.54 bits per heavy atom. The third-order valence-electron chi connectivity index (χ3n) is 5.26. The molecule has 0 aromatic heterocycles. The van der Waals surface area contributed by atoms with Crippen molar-refractivity contribution in [3.05, 3.63) is 63.2 Å². The lowest BCUT2D eigenvalue weighted by Gasteiger charge is -2.31. The fourth-order valence-electron chi connectivity index (χ4n) is 3.42. The number of carbonyl (C=O) groups is 2. The number of halogens is 1. The van der Waals surface area contributed by atoms with E-state index in [2.05, 4.69) is 48.7 Å². The minimum Gasteiger partial charge on any atom is -0.339 e. The molecule has 1 heterocycles. The summed E-state index contributed by atoms with van der Waals surface area (Å²) in [7, 11) is 0. The predicted molar refractivity (Wildman–Crippen MR) is 122 cm³/mol. The molecule has 2 aromatic carbocycles. The molecule has 5 heteroatoms. The van der Waals surface area contributed by atoms with Gasteiger partial charge in [0.25, 0.3) is 5.91 Å². The number of nitrogens with zero attached hydrogens (tertiary/aromatic N) is 1. The Kier molecular flexibility index (Phi) is 6.43. The number of amides is 2. The standard InChI is InChI=1S/C23H27IN2O2/c1-23(2,3)18-6-4-17(5-7-18)22(28)26-14-12-16(13-15-26)21(27)25-20-10-8-19(24)9-11-20/h4-11,16H,12-15H2,1-3H3,(H,25,27). The monoisotopic (exact) mass is 490 g/mol. The van der Waals surface area contributed by atoms with E-state index in [1.807, 2.05) is 53.4 Å². The number of hydrogen-bond donors (Lipinski definition) is 1. The molecule has 28 heavy (non-hydrogen) atoms. The highest BCUT2D eigenvalue weighted by atomic mass is 127. The third-order valence-corrected chi connectivity index (χ3v) is 5.98. The maximum atomic E-state index is 12.8. The molecule has 2 aromatic rings. The van der Waals surface area contributed by atoms with Crippen LogP contribution < -0.4 is 5.32 Å². The van der Waals surface area contributed by atoms with E-state index in [1.54, 1.807) is 0 Å². The van der Waals surface area contributed by atoms with Gasteiger partial charge in [-0.25, -0.2) is 0 Å². The topological polar surface area (TPSA) is 49.4 Å². The highest BCUT2D eigenvalue weighted by Crippen LogP contribution is 2.24. The Bertz CT molecular complexity index is 830. The van der Waals surface area contributed by atoms with Crippen LogP contribution in [-0.4, -0.2) is 29.8 Å². The fourth-order valence-corrected chi connectivity index (χ4v) is 3.78. The molecular weight excluding hydrogens is 463 g/mol. The molecule has 0 radical (unpaired) electrons. The number of nitrogens with one attached hydrogen (secondary N) is 1. The lowest BCUT2D eigenvalue weighted by Crippen LogP contribution is -2.41. The van der Waals surface area contributed by atoms with Crippen LogP contribution >= 0.6 is 22.6 Å². The maximum Gasteiger partial charge on any atom is 0.253 e. The normalized spacial score (nSPS) is 15.4. The Morgan fingerprint density at radius 3 is 2.07 bits per heavy atom. The lowest BCUT2D eigenvalue weighted by molar-refractivity contribution is -0.121. The molecule has 4 nitrogen and oxygen atoms in total. The summed E-state index contributed by atoms with van der Waals surface area (Å²) in [4.78, 5) is 27.2. The van der Waals surface area contributed by atoms with Crippen molar-refractivity contribution in [1.29, 1.82) is 0 Å². The maximum absolute atomic E-state index is 12.8. The SMILES string of the molecule is CC(C)(C)c1ccc(C(=O)N2CCC(C(=O)Nc3ccc(I)cc3)CC2)cc1. The Morgan fingerprint density at radius 1 is 0.964 bits per heavy atom. The van der Waals surface area contributed by atoms with Gasteiger partial charge >= 0.3 is 0 Å². The fraction of sp³-hybridized carbons (Fsp3) is 0.391. The van der Waals surface area contributed by atoms with Crippen LogP contribution in [0.3, 0.4) is 0 Å². The third kappa shape index (κ3) is 5.13. The zero-order valence-electron chi connectivity index (χ0n) is 16.7. The highest BCUT2D eigenvalue weighted by molar-refractivity contribution is 14.1. The van der Waals surface area contributed by atoms with Crippen LogP contribution in [0.1, 0.15) is 49.5 Å². The summed E-state index contributed by atoms with van der Waals surface area (Å²) >= 11 is 2.24. The summed E-state index contributed by atoms with van der Waals surface area (Å²) in [5.74, 6) is 0.0476. The van der Waals surface area contributed by atoms with Crippen LogP contribution in [0, 0.1) is 9.49 Å². The van der Waals surface area contributed by atoms with Crippen LogP contribution in [0.4, 0.5) is 5.69 Å². The highest BCUT2D eigenvalue weighted by Gasteiger charge is 2.28. The van der Waals surface area contributed by atoms with Gasteiger partial charge in [0.05, 0.1) is 0 Å². The van der Waals surface area contributed by atoms with Crippen molar-refractivity contribution < 1.29 is 9.59 Å². The number of likely N-dealkylation sites (tertiary alicyclic amines) is 1. The van der Waals surface area contributed by atoms with Crippen LogP contribution in [0.2, 0.25) is 0 Å². The number of rotatable bonds is 3. The Labute approximate surface area is 180 Å². The number of carbonyl (C=O) groups excluding carboxylic acids is 2. The molecule has 0 atom stereocenters. The molecule has 0 aliphatic carbocycles. The average molecular weight is 490 g/mol. The molecular formula is C23H27IN2O2. The molecule has 3 rings (SSSR count). The largest absolute Gasteiger partial charge is 0.339 e. The van der Waals surface area contributed by atoms with Crippen molar-refractivity contribution in [3.63, 3.8) is 0 Å². The molecule has 148 valence electrons. The first kappa shape index (κ1) is 20.8. The zero-order chi connectivity index (χ0) is 20.3. The van der Waals surface area contributed by atoms with Crippen LogP contribution in [0.15, 0.2) is 48.5 Å². The van der Waals surface area contributed by atoms with E-state index in [9.17, 15) is 9.59 Å². The first-order valence-electron chi connectivity index (χ1n) is 9.70. The summed E-state index contributed by atoms with van der Waals surface area (Å²) in [6.45, 7) is 7.72. The second kappa shape index (κ2) is 8.64. The predicted octanol–water partition coefficient (Wildman–Crippen LogP) is 5.08. The van der Waals surface area contributed by atoms with Gasteiger partial charge in [-0.2, -0.15) is 0 Å². The van der Waals surface area contributed by atoms with Gasteiger partial charge in [-0.15, -0.1) is 0 Å². The van der Waals surface area contributed by atoms with Gasteiger partial charge in [-0.3, -0.25) is 9.59 Å². The van der Waals surface area contributed by atoms with E-state index in [-0.39, 0.29) is 23.1 Å². The lowest BCUT2D eigenvalue weighted by atomic mass is 9.86. The van der Waals surface area contributed by atoms with Gasteiger partial charge in [0.1, 0.15) is 0 Å². The summed E-state index contributed by atoms with van der Waals surface area (Å²) in [5.41, 5.74) is 2.83. The van der Waals surface area contributed by atoms with E-state index in [0.717, 1.165) is 14.8 Å². The molecule has 1 aliphatic rings. The van der Waals surface area contributed by atoms with E-state index in [0.29, 0.717) is 25.9 Å². The minimum absolute atomic E-state index is 0.0443. The smallest absolute Gasteiger partial charge is 0.253 e. The molecule has 0 bridgehead atoms. The van der Waals surface area contributed by atoms with Crippen molar-refractivity contribution in [2.45, 2.75) is 39.0 Å². The van der Waals surface area contributed by atoms with Crippen molar-refractivity contribution in [2.24, 2.45) is 5.92 Å². The van der Waals surface area contributed by atoms with E-state index in [4.69, 9.17) is 0 Å². The Hall–Kier alpha value is -1.89. The molecule has 1 fully saturated rings. The molecule has 1 N–H and O–H groups in total. The first-order valence-corrected chi connectivity index (χ1v) is 10.8. The quantitative estimate of drug-likeness (QED) is 0.611. The molecule has 0 spiro atoms. The van der Waals surface area contributed by atoms with Gasteiger partial charge in [-0.05, 0) is 82.8 Å².